The van der Waals surface area contributed by atoms with Crippen molar-refractivity contribution in [3.63, 3.8) is 0 Å². The Hall–Kier alpha value is -1.43. The van der Waals surface area contributed by atoms with E-state index in [4.69, 9.17) is 4.74 Å². The summed E-state index contributed by atoms with van der Waals surface area (Å²) in [5.74, 6) is 0.265. The zero-order chi connectivity index (χ0) is 17.0. The Morgan fingerprint density at radius 1 is 1.26 bits per heavy atom. The first-order chi connectivity index (χ1) is 10.9. The van der Waals surface area contributed by atoms with Gasteiger partial charge in [0.15, 0.2) is 0 Å². The normalized spacial score (nSPS) is 21.8. The van der Waals surface area contributed by atoms with Crippen LogP contribution in [0.5, 0.6) is 0 Å². The van der Waals surface area contributed by atoms with E-state index in [2.05, 4.69) is 34.9 Å². The van der Waals surface area contributed by atoms with Crippen LogP contribution in [-0.2, 0) is 11.2 Å². The van der Waals surface area contributed by atoms with Gasteiger partial charge in [-0.2, -0.15) is 0 Å². The molecule has 0 bridgehead atoms. The van der Waals surface area contributed by atoms with Crippen LogP contribution in [0.3, 0.4) is 0 Å². The summed E-state index contributed by atoms with van der Waals surface area (Å²) < 4.78 is 4.92. The number of aromatic nitrogens is 2. The Morgan fingerprint density at radius 3 is 2.43 bits per heavy atom. The Bertz CT molecular complexity index is 549. The number of methoxy groups -OCH3 is 1. The third-order valence-electron chi connectivity index (χ3n) is 4.94. The zero-order valence-corrected chi connectivity index (χ0v) is 16.0. The average molecular weight is 336 g/mol. The molecule has 23 heavy (non-hydrogen) atoms. The molecule has 6 heteroatoms. The molecule has 1 N–H and O–H groups in total. The summed E-state index contributed by atoms with van der Waals surface area (Å²) in [4.78, 5) is 20.6. The van der Waals surface area contributed by atoms with Gasteiger partial charge in [0.05, 0.1) is 12.8 Å². The molecule has 5 nitrogen and oxygen atoms in total. The van der Waals surface area contributed by atoms with E-state index in [1.807, 2.05) is 6.92 Å². The quantitative estimate of drug-likeness (QED) is 0.653. The van der Waals surface area contributed by atoms with Crippen LogP contribution < -0.4 is 5.32 Å². The van der Waals surface area contributed by atoms with Gasteiger partial charge in [-0.05, 0) is 24.8 Å². The van der Waals surface area contributed by atoms with Crippen molar-refractivity contribution < 1.29 is 9.53 Å². The Labute approximate surface area is 140 Å². The van der Waals surface area contributed by atoms with E-state index in [0.29, 0.717) is 23.8 Å². The van der Waals surface area contributed by atoms with Crippen molar-refractivity contribution in [1.29, 1.82) is 0 Å². The summed E-state index contributed by atoms with van der Waals surface area (Å²) in [7, 11) is 0.346. The first-order valence-corrected chi connectivity index (χ1v) is 12.1. The van der Waals surface area contributed by atoms with Crippen molar-refractivity contribution in [1.82, 2.24) is 9.97 Å². The van der Waals surface area contributed by atoms with Gasteiger partial charge in [0.25, 0.3) is 0 Å². The molecule has 1 fully saturated rings. The maximum Gasteiger partial charge on any atom is 0.343 e. The van der Waals surface area contributed by atoms with Crippen molar-refractivity contribution in [2.75, 3.05) is 12.4 Å². The fourth-order valence-corrected chi connectivity index (χ4v) is 5.48. The van der Waals surface area contributed by atoms with Gasteiger partial charge in [-0.1, -0.05) is 39.4 Å². The number of hydrogen-bond donors (Lipinski definition) is 1. The third-order valence-corrected chi connectivity index (χ3v) is 7.97. The van der Waals surface area contributed by atoms with Crippen LogP contribution in [0.25, 0.3) is 0 Å². The predicted molar refractivity (Wildman–Crippen MR) is 95.7 cm³/mol. The number of esters is 1. The maximum absolute atomic E-state index is 12.1. The Morgan fingerprint density at radius 2 is 1.91 bits per heavy atom. The van der Waals surface area contributed by atoms with Gasteiger partial charge in [0.1, 0.15) is 17.7 Å². The highest BCUT2D eigenvalue weighted by atomic mass is 28.3. The molecule has 0 aromatic carbocycles. The van der Waals surface area contributed by atoms with Gasteiger partial charge in [-0.15, -0.1) is 0 Å². The van der Waals surface area contributed by atoms with Crippen molar-refractivity contribution >= 4 is 19.9 Å². The molecule has 1 aromatic heterocycles. The minimum Gasteiger partial charge on any atom is -0.465 e. The highest BCUT2D eigenvalue weighted by Gasteiger charge is 2.31. The summed E-state index contributed by atoms with van der Waals surface area (Å²) in [5, 5.41) is 3.47. The predicted octanol–water partition coefficient (Wildman–Crippen LogP) is 3.89. The second-order valence-corrected chi connectivity index (χ2v) is 13.0. The van der Waals surface area contributed by atoms with Crippen LogP contribution in [0.1, 0.15) is 48.7 Å². The number of rotatable bonds is 5. The fraction of sp³-hybridized carbons (Fsp3) is 0.706. The lowest BCUT2D eigenvalue weighted by atomic mass is 9.94. The molecular formula is C17H29N3O2Si. The van der Waals surface area contributed by atoms with E-state index >= 15 is 0 Å². The summed E-state index contributed by atoms with van der Waals surface area (Å²) in [5.41, 5.74) is 2.13. The second kappa shape index (κ2) is 7.42. The number of hydrogen-bond acceptors (Lipinski definition) is 5. The van der Waals surface area contributed by atoms with Crippen LogP contribution in [0.15, 0.2) is 6.33 Å². The lowest BCUT2D eigenvalue weighted by Crippen LogP contribution is -2.35. The van der Waals surface area contributed by atoms with Crippen molar-refractivity contribution in [3.8, 4) is 0 Å². The van der Waals surface area contributed by atoms with E-state index in [9.17, 15) is 4.79 Å². The molecular weight excluding hydrogens is 306 g/mol. The molecule has 0 unspecified atom stereocenters. The fourth-order valence-electron chi connectivity index (χ4n) is 3.41. The number of nitrogens with zero attached hydrogens (tertiary/aromatic N) is 2. The molecule has 1 aliphatic rings. The van der Waals surface area contributed by atoms with Crippen LogP contribution in [-0.4, -0.2) is 37.2 Å². The lowest BCUT2D eigenvalue weighted by molar-refractivity contribution is 0.0599. The van der Waals surface area contributed by atoms with Gasteiger partial charge in [0.2, 0.25) is 0 Å². The van der Waals surface area contributed by atoms with Crippen LogP contribution in [0.4, 0.5) is 5.82 Å². The molecule has 0 radical (unpaired) electrons. The maximum atomic E-state index is 12.1. The van der Waals surface area contributed by atoms with Gasteiger partial charge < -0.3 is 10.1 Å². The van der Waals surface area contributed by atoms with E-state index in [1.54, 1.807) is 0 Å². The summed E-state index contributed by atoms with van der Waals surface area (Å²) in [6, 6.07) is 0.380. The molecule has 2 rings (SSSR count). The van der Waals surface area contributed by atoms with Gasteiger partial charge >= 0.3 is 5.97 Å². The van der Waals surface area contributed by atoms with Crippen LogP contribution in [0.2, 0.25) is 25.2 Å². The van der Waals surface area contributed by atoms with Gasteiger partial charge in [-0.25, -0.2) is 14.8 Å². The van der Waals surface area contributed by atoms with Crippen molar-refractivity contribution in [3.05, 3.63) is 17.6 Å². The molecule has 0 atom stereocenters. The highest BCUT2D eigenvalue weighted by Crippen LogP contribution is 2.37. The number of aryl methyl sites for hydroxylation is 1. The first kappa shape index (κ1) is 17.9. The largest absolute Gasteiger partial charge is 0.465 e. The smallest absolute Gasteiger partial charge is 0.343 e. The molecule has 128 valence electrons. The molecule has 1 aromatic rings. The number of nitrogens with one attached hydrogen (secondary N) is 1. The third kappa shape index (κ3) is 4.31. The SMILES string of the molecule is CCc1ncnc(NC2CCC([Si](C)(C)C)CC2)c1C(=O)OC. The Kier molecular flexibility index (Phi) is 5.78. The summed E-state index contributed by atoms with van der Waals surface area (Å²) in [6.07, 6.45) is 7.03. The molecule has 0 saturated heterocycles. The van der Waals surface area contributed by atoms with E-state index < -0.39 is 8.07 Å². The van der Waals surface area contributed by atoms with E-state index in [0.717, 1.165) is 24.1 Å². The van der Waals surface area contributed by atoms with Crippen LogP contribution in [0, 0.1) is 0 Å². The standard InChI is InChI=1S/C17H29N3O2Si/c1-6-14-15(17(21)22-2)16(19-11-18-14)20-12-7-9-13(10-8-12)23(3,4)5/h11-13H,6-10H2,1-5H3,(H,18,19,20). The van der Waals surface area contributed by atoms with E-state index in [-0.39, 0.29) is 5.97 Å². The summed E-state index contributed by atoms with van der Waals surface area (Å²) >= 11 is 0. The molecule has 1 heterocycles. The number of ether oxygens (including phenoxy) is 1. The number of carbonyl (C=O) groups excluding carboxylic acids is 1. The van der Waals surface area contributed by atoms with Crippen LogP contribution >= 0.6 is 0 Å². The minimum absolute atomic E-state index is 0.360. The highest BCUT2D eigenvalue weighted by molar-refractivity contribution is 6.77. The zero-order valence-electron chi connectivity index (χ0n) is 15.0. The summed E-state index contributed by atoms with van der Waals surface area (Å²) in [6.45, 7) is 9.36. The second-order valence-electron chi connectivity index (χ2n) is 7.45. The van der Waals surface area contributed by atoms with Gasteiger partial charge in [-0.3, -0.25) is 0 Å². The average Bonchev–Trinajstić information content (AvgIpc) is 2.53. The number of carbonyl (C=O) groups is 1. The first-order valence-electron chi connectivity index (χ1n) is 8.55. The lowest BCUT2D eigenvalue weighted by Gasteiger charge is -2.36. The topological polar surface area (TPSA) is 64.1 Å². The van der Waals surface area contributed by atoms with Crippen molar-refractivity contribution in [2.45, 2.75) is 70.3 Å². The van der Waals surface area contributed by atoms with Crippen molar-refractivity contribution in [2.24, 2.45) is 0 Å². The Balaban J connectivity index is 2.11. The minimum atomic E-state index is -1.05. The molecule has 0 aliphatic heterocycles. The monoisotopic (exact) mass is 335 g/mol. The molecule has 1 saturated carbocycles. The van der Waals surface area contributed by atoms with Gasteiger partial charge in [0, 0.05) is 14.1 Å². The molecule has 0 amide bonds. The molecule has 1 aliphatic carbocycles. The molecule has 0 spiro atoms. The number of anilines is 1. The van der Waals surface area contributed by atoms with E-state index in [1.165, 1.54) is 26.3 Å².